The molecule has 1 aliphatic heterocycles. The van der Waals surface area contributed by atoms with Gasteiger partial charge in [0.05, 0.1) is 26.9 Å². The maximum atomic E-state index is 13.8. The van der Waals surface area contributed by atoms with Crippen LogP contribution in [0.25, 0.3) is 0 Å². The Hall–Kier alpha value is -3.36. The molecule has 2 heterocycles. The van der Waals surface area contributed by atoms with E-state index in [0.717, 1.165) is 28.8 Å². The van der Waals surface area contributed by atoms with Gasteiger partial charge in [-0.3, -0.25) is 9.59 Å². The van der Waals surface area contributed by atoms with Crippen molar-refractivity contribution < 1.29 is 23.8 Å². The molecule has 0 radical (unpaired) electrons. The number of benzene rings is 2. The SMILES string of the molecule is COc1ccc(CCN(Cc2cccs2)C(=O)CN(CC2CCCO2)C(=O)c2ccccc2C)cc1OC. The first-order valence-corrected chi connectivity index (χ1v) is 13.8. The fourth-order valence-corrected chi connectivity index (χ4v) is 5.40. The van der Waals surface area contributed by atoms with Gasteiger partial charge < -0.3 is 24.0 Å². The topological polar surface area (TPSA) is 68.3 Å². The summed E-state index contributed by atoms with van der Waals surface area (Å²) < 4.78 is 16.6. The molecule has 1 atom stereocenters. The van der Waals surface area contributed by atoms with Gasteiger partial charge in [-0.05, 0) is 67.0 Å². The number of carbonyl (C=O) groups is 2. The lowest BCUT2D eigenvalue weighted by Gasteiger charge is -2.29. The zero-order valence-electron chi connectivity index (χ0n) is 22.4. The number of nitrogens with zero attached hydrogens (tertiary/aromatic N) is 2. The highest BCUT2D eigenvalue weighted by Gasteiger charge is 2.28. The first-order chi connectivity index (χ1) is 18.5. The number of carbonyl (C=O) groups excluding carboxylic acids is 2. The standard InChI is InChI=1S/C30H36N2O5S/c1-22-8-4-5-11-26(22)30(34)32(19-24-9-6-16-37-24)21-29(33)31(20-25-10-7-17-38-25)15-14-23-12-13-27(35-2)28(18-23)36-3/h4-5,7-8,10-13,17-18,24H,6,9,14-16,19-21H2,1-3H3. The second-order valence-corrected chi connectivity index (χ2v) is 10.5. The molecule has 1 unspecified atom stereocenters. The minimum atomic E-state index is -0.136. The van der Waals surface area contributed by atoms with Crippen molar-refractivity contribution in [2.24, 2.45) is 0 Å². The molecule has 1 aliphatic rings. The highest BCUT2D eigenvalue weighted by Crippen LogP contribution is 2.28. The molecule has 2 amide bonds. The largest absolute Gasteiger partial charge is 0.493 e. The summed E-state index contributed by atoms with van der Waals surface area (Å²) in [6, 6.07) is 17.3. The van der Waals surface area contributed by atoms with Crippen LogP contribution in [0, 0.1) is 6.92 Å². The lowest BCUT2D eigenvalue weighted by Crippen LogP contribution is -2.46. The van der Waals surface area contributed by atoms with Gasteiger partial charge in [0.15, 0.2) is 11.5 Å². The molecule has 8 heteroatoms. The molecular formula is C30H36N2O5S. The molecule has 7 nitrogen and oxygen atoms in total. The average Bonchev–Trinajstić information content (AvgIpc) is 3.65. The maximum absolute atomic E-state index is 13.8. The van der Waals surface area contributed by atoms with E-state index in [-0.39, 0.29) is 24.5 Å². The zero-order valence-corrected chi connectivity index (χ0v) is 23.2. The number of hydrogen-bond acceptors (Lipinski definition) is 6. The van der Waals surface area contributed by atoms with Gasteiger partial charge in [0.2, 0.25) is 5.91 Å². The second-order valence-electron chi connectivity index (χ2n) is 9.47. The first kappa shape index (κ1) is 27.7. The van der Waals surface area contributed by atoms with E-state index in [4.69, 9.17) is 14.2 Å². The van der Waals surface area contributed by atoms with E-state index in [1.807, 2.05) is 71.8 Å². The molecule has 1 aromatic heterocycles. The zero-order chi connectivity index (χ0) is 26.9. The number of thiophene rings is 1. The van der Waals surface area contributed by atoms with Crippen molar-refractivity contribution in [1.29, 1.82) is 0 Å². The highest BCUT2D eigenvalue weighted by atomic mass is 32.1. The molecule has 0 saturated carbocycles. The minimum Gasteiger partial charge on any atom is -0.493 e. The summed E-state index contributed by atoms with van der Waals surface area (Å²) in [5.74, 6) is 1.11. The van der Waals surface area contributed by atoms with Crippen LogP contribution in [-0.4, -0.2) is 68.2 Å². The molecule has 202 valence electrons. The molecule has 2 aromatic carbocycles. The van der Waals surface area contributed by atoms with Gasteiger partial charge in [-0.1, -0.05) is 30.3 Å². The number of aryl methyl sites for hydroxylation is 1. The summed E-state index contributed by atoms with van der Waals surface area (Å²) in [6.45, 7) is 4.03. The fraction of sp³-hybridized carbons (Fsp3) is 0.400. The monoisotopic (exact) mass is 536 g/mol. The van der Waals surface area contributed by atoms with E-state index in [0.29, 0.717) is 49.7 Å². The normalized spacial score (nSPS) is 14.8. The van der Waals surface area contributed by atoms with Crippen molar-refractivity contribution in [3.63, 3.8) is 0 Å². The predicted molar refractivity (Wildman–Crippen MR) is 149 cm³/mol. The van der Waals surface area contributed by atoms with Crippen molar-refractivity contribution >= 4 is 23.2 Å². The molecule has 38 heavy (non-hydrogen) atoms. The summed E-state index contributed by atoms with van der Waals surface area (Å²) >= 11 is 1.62. The van der Waals surface area contributed by atoms with Gasteiger partial charge in [-0.15, -0.1) is 11.3 Å². The Morgan fingerprint density at radius 2 is 1.84 bits per heavy atom. The van der Waals surface area contributed by atoms with Gasteiger partial charge in [0, 0.05) is 30.1 Å². The Kier molecular flexibility index (Phi) is 9.79. The molecular weight excluding hydrogens is 500 g/mol. The molecule has 3 aromatic rings. The van der Waals surface area contributed by atoms with Crippen molar-refractivity contribution in [2.45, 2.75) is 38.8 Å². The predicted octanol–water partition coefficient (Wildman–Crippen LogP) is 4.97. The van der Waals surface area contributed by atoms with Crippen LogP contribution in [0.2, 0.25) is 0 Å². The lowest BCUT2D eigenvalue weighted by molar-refractivity contribution is -0.132. The van der Waals surface area contributed by atoms with Crippen LogP contribution >= 0.6 is 11.3 Å². The van der Waals surface area contributed by atoms with Crippen LogP contribution in [0.5, 0.6) is 11.5 Å². The summed E-state index contributed by atoms with van der Waals surface area (Å²) in [6.07, 6.45) is 2.47. The Bertz CT molecular complexity index is 1210. The number of rotatable bonds is 12. The number of methoxy groups -OCH3 is 2. The van der Waals surface area contributed by atoms with Gasteiger partial charge in [-0.25, -0.2) is 0 Å². The summed E-state index contributed by atoms with van der Waals surface area (Å²) in [5.41, 5.74) is 2.55. The third-order valence-corrected chi connectivity index (χ3v) is 7.70. The van der Waals surface area contributed by atoms with Crippen molar-refractivity contribution in [1.82, 2.24) is 9.80 Å². The van der Waals surface area contributed by atoms with Crippen LogP contribution in [0.3, 0.4) is 0 Å². The van der Waals surface area contributed by atoms with E-state index >= 15 is 0 Å². The van der Waals surface area contributed by atoms with Crippen LogP contribution < -0.4 is 9.47 Å². The van der Waals surface area contributed by atoms with Gasteiger partial charge in [0.25, 0.3) is 5.91 Å². The van der Waals surface area contributed by atoms with Gasteiger partial charge in [0.1, 0.15) is 6.54 Å². The number of ether oxygens (including phenoxy) is 3. The van der Waals surface area contributed by atoms with Crippen LogP contribution in [0.4, 0.5) is 0 Å². The average molecular weight is 537 g/mol. The van der Waals surface area contributed by atoms with Crippen LogP contribution in [0.1, 0.15) is 39.2 Å². The van der Waals surface area contributed by atoms with Crippen LogP contribution in [0.15, 0.2) is 60.0 Å². The minimum absolute atomic E-state index is 0.00430. The molecule has 1 fully saturated rings. The number of hydrogen-bond donors (Lipinski definition) is 0. The van der Waals surface area contributed by atoms with Gasteiger partial charge in [-0.2, -0.15) is 0 Å². The van der Waals surface area contributed by atoms with Crippen molar-refractivity contribution in [2.75, 3.05) is 40.5 Å². The second kappa shape index (κ2) is 13.4. The molecule has 4 rings (SSSR count). The smallest absolute Gasteiger partial charge is 0.254 e. The van der Waals surface area contributed by atoms with Crippen LogP contribution in [-0.2, 0) is 22.5 Å². The van der Waals surface area contributed by atoms with Gasteiger partial charge >= 0.3 is 0 Å². The fourth-order valence-electron chi connectivity index (χ4n) is 4.68. The molecule has 1 saturated heterocycles. The summed E-state index contributed by atoms with van der Waals surface area (Å²) in [4.78, 5) is 32.0. The first-order valence-electron chi connectivity index (χ1n) is 13.0. The summed E-state index contributed by atoms with van der Waals surface area (Å²) in [5, 5.41) is 2.01. The Balaban J connectivity index is 1.52. The molecule has 0 spiro atoms. The lowest BCUT2D eigenvalue weighted by atomic mass is 10.1. The van der Waals surface area contributed by atoms with E-state index < -0.39 is 0 Å². The highest BCUT2D eigenvalue weighted by molar-refractivity contribution is 7.09. The maximum Gasteiger partial charge on any atom is 0.254 e. The molecule has 0 bridgehead atoms. The summed E-state index contributed by atoms with van der Waals surface area (Å²) in [7, 11) is 3.22. The van der Waals surface area contributed by atoms with E-state index in [2.05, 4.69) is 0 Å². The number of amides is 2. The quantitative estimate of drug-likeness (QED) is 0.327. The van der Waals surface area contributed by atoms with E-state index in [1.165, 1.54) is 0 Å². The molecule has 0 N–H and O–H groups in total. The van der Waals surface area contributed by atoms with Crippen molar-refractivity contribution in [3.05, 3.63) is 81.5 Å². The Labute approximate surface area is 228 Å². The van der Waals surface area contributed by atoms with E-state index in [9.17, 15) is 9.59 Å². The van der Waals surface area contributed by atoms with E-state index in [1.54, 1.807) is 30.5 Å². The third kappa shape index (κ3) is 7.14. The Morgan fingerprint density at radius 1 is 1.03 bits per heavy atom. The molecule has 0 aliphatic carbocycles. The third-order valence-electron chi connectivity index (χ3n) is 6.83. The Morgan fingerprint density at radius 3 is 2.53 bits per heavy atom. The van der Waals surface area contributed by atoms with Crippen molar-refractivity contribution in [3.8, 4) is 11.5 Å².